The van der Waals surface area contributed by atoms with Crippen molar-refractivity contribution >= 4 is 8.07 Å². The molecule has 0 aromatic carbocycles. The average molecular weight is 194 g/mol. The van der Waals surface area contributed by atoms with E-state index in [0.717, 1.165) is 0 Å². The summed E-state index contributed by atoms with van der Waals surface area (Å²) in [6.07, 6.45) is 5.91. The summed E-state index contributed by atoms with van der Waals surface area (Å²) in [5.74, 6) is 0. The zero-order chi connectivity index (χ0) is 10.1. The first-order valence-corrected chi connectivity index (χ1v) is 7.99. The van der Waals surface area contributed by atoms with Gasteiger partial charge in [-0.15, -0.1) is 0 Å². The SMILES string of the molecule is CC1=CC=C[Si]1(C)CCC(C)(C)C. The topological polar surface area (TPSA) is 0 Å². The Hall–Kier alpha value is -0.303. The molecule has 0 spiro atoms. The van der Waals surface area contributed by atoms with Gasteiger partial charge in [-0.2, -0.15) is 0 Å². The van der Waals surface area contributed by atoms with E-state index in [0.29, 0.717) is 5.41 Å². The van der Waals surface area contributed by atoms with E-state index in [2.05, 4.69) is 52.1 Å². The van der Waals surface area contributed by atoms with Crippen molar-refractivity contribution in [2.75, 3.05) is 0 Å². The predicted molar refractivity (Wildman–Crippen MR) is 63.4 cm³/mol. The molecule has 0 saturated heterocycles. The van der Waals surface area contributed by atoms with E-state index < -0.39 is 8.07 Å². The van der Waals surface area contributed by atoms with Gasteiger partial charge in [0, 0.05) is 0 Å². The maximum atomic E-state index is 2.48. The summed E-state index contributed by atoms with van der Waals surface area (Å²) in [5, 5.41) is 1.65. The molecule has 1 unspecified atom stereocenters. The lowest BCUT2D eigenvalue weighted by Crippen LogP contribution is -2.29. The Balaban J connectivity index is 2.55. The fourth-order valence-electron chi connectivity index (χ4n) is 1.64. The Morgan fingerprint density at radius 3 is 2.31 bits per heavy atom. The molecule has 13 heavy (non-hydrogen) atoms. The van der Waals surface area contributed by atoms with Gasteiger partial charge in [0.25, 0.3) is 0 Å². The number of allylic oxidation sites excluding steroid dienone is 3. The zero-order valence-electron chi connectivity index (χ0n) is 9.65. The minimum atomic E-state index is -1.12. The van der Waals surface area contributed by atoms with Crippen molar-refractivity contribution in [1.82, 2.24) is 0 Å². The van der Waals surface area contributed by atoms with Gasteiger partial charge in [0.1, 0.15) is 8.07 Å². The van der Waals surface area contributed by atoms with E-state index in [1.807, 2.05) is 0 Å². The molecule has 1 aliphatic heterocycles. The molecule has 1 heteroatoms. The lowest BCUT2D eigenvalue weighted by molar-refractivity contribution is 0.396. The molecule has 0 saturated carbocycles. The smallest absolute Gasteiger partial charge is 0.0904 e. The third kappa shape index (κ3) is 2.83. The van der Waals surface area contributed by atoms with E-state index in [1.54, 1.807) is 5.20 Å². The van der Waals surface area contributed by atoms with Crippen LogP contribution in [0.5, 0.6) is 0 Å². The van der Waals surface area contributed by atoms with Crippen LogP contribution in [0.1, 0.15) is 34.1 Å². The van der Waals surface area contributed by atoms with Crippen LogP contribution in [0.4, 0.5) is 0 Å². The van der Waals surface area contributed by atoms with Gasteiger partial charge in [-0.3, -0.25) is 0 Å². The van der Waals surface area contributed by atoms with Crippen LogP contribution in [-0.4, -0.2) is 8.07 Å². The highest BCUT2D eigenvalue weighted by molar-refractivity contribution is 6.90. The van der Waals surface area contributed by atoms with E-state index in [4.69, 9.17) is 0 Å². The summed E-state index contributed by atoms with van der Waals surface area (Å²) in [7, 11) is -1.12. The lowest BCUT2D eigenvalue weighted by Gasteiger charge is -2.27. The monoisotopic (exact) mass is 194 g/mol. The van der Waals surface area contributed by atoms with E-state index in [9.17, 15) is 0 Å². The van der Waals surface area contributed by atoms with Crippen molar-refractivity contribution in [2.24, 2.45) is 5.41 Å². The molecule has 0 bridgehead atoms. The number of hydrogen-bond donors (Lipinski definition) is 0. The van der Waals surface area contributed by atoms with E-state index in [-0.39, 0.29) is 0 Å². The molecule has 74 valence electrons. The van der Waals surface area contributed by atoms with Crippen LogP contribution in [0.2, 0.25) is 12.6 Å². The second kappa shape index (κ2) is 3.45. The van der Waals surface area contributed by atoms with Gasteiger partial charge in [-0.05, 0) is 18.4 Å². The molecule has 1 atom stereocenters. The molecule has 0 aliphatic carbocycles. The van der Waals surface area contributed by atoms with Crippen molar-refractivity contribution < 1.29 is 0 Å². The lowest BCUT2D eigenvalue weighted by atomic mass is 9.94. The summed E-state index contributed by atoms with van der Waals surface area (Å²) in [6.45, 7) is 11.8. The number of hydrogen-bond acceptors (Lipinski definition) is 0. The number of rotatable bonds is 2. The van der Waals surface area contributed by atoms with Crippen molar-refractivity contribution in [2.45, 2.75) is 46.7 Å². The highest BCUT2D eigenvalue weighted by atomic mass is 28.3. The maximum absolute atomic E-state index is 2.48. The van der Waals surface area contributed by atoms with Gasteiger partial charge in [0.2, 0.25) is 0 Å². The zero-order valence-corrected chi connectivity index (χ0v) is 10.6. The summed E-state index contributed by atoms with van der Waals surface area (Å²) in [5.41, 5.74) is 2.97. The van der Waals surface area contributed by atoms with E-state index >= 15 is 0 Å². The van der Waals surface area contributed by atoms with Gasteiger partial charge in [0.15, 0.2) is 0 Å². The van der Waals surface area contributed by atoms with Crippen molar-refractivity contribution in [3.05, 3.63) is 23.0 Å². The summed E-state index contributed by atoms with van der Waals surface area (Å²) in [6, 6.07) is 1.41. The third-order valence-electron chi connectivity index (χ3n) is 3.11. The minimum Gasteiger partial charge on any atom is -0.0904 e. The normalized spacial score (nSPS) is 27.9. The highest BCUT2D eigenvalue weighted by Crippen LogP contribution is 2.32. The Morgan fingerprint density at radius 2 is 1.92 bits per heavy atom. The Morgan fingerprint density at radius 1 is 1.31 bits per heavy atom. The quantitative estimate of drug-likeness (QED) is 0.581. The molecule has 0 radical (unpaired) electrons. The molecule has 1 aliphatic rings. The van der Waals surface area contributed by atoms with Crippen LogP contribution in [0.3, 0.4) is 0 Å². The van der Waals surface area contributed by atoms with E-state index in [1.165, 1.54) is 12.5 Å². The van der Waals surface area contributed by atoms with Crippen LogP contribution in [-0.2, 0) is 0 Å². The summed E-state index contributed by atoms with van der Waals surface area (Å²) >= 11 is 0. The first kappa shape index (κ1) is 10.8. The molecule has 0 amide bonds. The third-order valence-corrected chi connectivity index (χ3v) is 7.29. The summed E-state index contributed by atoms with van der Waals surface area (Å²) in [4.78, 5) is 0. The van der Waals surface area contributed by atoms with Crippen molar-refractivity contribution in [1.29, 1.82) is 0 Å². The second-order valence-electron chi connectivity index (χ2n) is 5.69. The first-order valence-electron chi connectivity index (χ1n) is 5.20. The first-order chi connectivity index (χ1) is 5.83. The van der Waals surface area contributed by atoms with Crippen LogP contribution in [0, 0.1) is 5.41 Å². The molecule has 0 aromatic heterocycles. The standard InChI is InChI=1S/C12H22Si/c1-11-7-6-9-13(11,5)10-8-12(2,3)4/h6-7,9H,8,10H2,1-5H3. The second-order valence-corrected chi connectivity index (χ2v) is 10.1. The van der Waals surface area contributed by atoms with Crippen molar-refractivity contribution in [3.63, 3.8) is 0 Å². The van der Waals surface area contributed by atoms with Crippen LogP contribution in [0.25, 0.3) is 0 Å². The molecular weight excluding hydrogens is 172 g/mol. The molecule has 0 nitrogen and oxygen atoms in total. The minimum absolute atomic E-state index is 0.493. The Kier molecular flexibility index (Phi) is 2.86. The van der Waals surface area contributed by atoms with Gasteiger partial charge in [0.05, 0.1) is 0 Å². The largest absolute Gasteiger partial charge is 0.102 e. The summed E-state index contributed by atoms with van der Waals surface area (Å²) < 4.78 is 0. The van der Waals surface area contributed by atoms with Gasteiger partial charge >= 0.3 is 0 Å². The molecular formula is C12H22Si. The van der Waals surface area contributed by atoms with Crippen LogP contribution < -0.4 is 0 Å². The molecule has 1 heterocycles. The predicted octanol–water partition coefficient (Wildman–Crippen LogP) is 4.10. The highest BCUT2D eigenvalue weighted by Gasteiger charge is 2.29. The Bertz CT molecular complexity index is 242. The van der Waals surface area contributed by atoms with Gasteiger partial charge in [-0.1, -0.05) is 56.8 Å². The average Bonchev–Trinajstić information content (AvgIpc) is 2.29. The maximum Gasteiger partial charge on any atom is 0.102 e. The van der Waals surface area contributed by atoms with Gasteiger partial charge < -0.3 is 0 Å². The molecule has 1 rings (SSSR count). The van der Waals surface area contributed by atoms with Crippen molar-refractivity contribution in [3.8, 4) is 0 Å². The molecule has 0 N–H and O–H groups in total. The Labute approximate surface area is 83.7 Å². The fraction of sp³-hybridized carbons (Fsp3) is 0.667. The van der Waals surface area contributed by atoms with Crippen LogP contribution >= 0.6 is 0 Å². The van der Waals surface area contributed by atoms with Gasteiger partial charge in [-0.25, -0.2) is 0 Å². The molecule has 0 fully saturated rings. The molecule has 0 aromatic rings. The fourth-order valence-corrected chi connectivity index (χ4v) is 4.73. The van der Waals surface area contributed by atoms with Crippen LogP contribution in [0.15, 0.2) is 23.0 Å².